The maximum absolute atomic E-state index is 9.01. The van der Waals surface area contributed by atoms with Crippen molar-refractivity contribution in [3.05, 3.63) is 29.8 Å². The Kier molecular flexibility index (Phi) is 7.25. The van der Waals surface area contributed by atoms with Crippen molar-refractivity contribution in [2.45, 2.75) is 53.0 Å². The van der Waals surface area contributed by atoms with Gasteiger partial charge in [0.2, 0.25) is 0 Å². The highest BCUT2D eigenvalue weighted by atomic mass is 16.5. The van der Waals surface area contributed by atoms with E-state index < -0.39 is 0 Å². The van der Waals surface area contributed by atoms with Gasteiger partial charge in [-0.25, -0.2) is 0 Å². The maximum Gasteiger partial charge on any atom is 0.124 e. The molecule has 1 aromatic rings. The fourth-order valence-electron chi connectivity index (χ4n) is 2.19. The Hall–Kier alpha value is -1.53. The molecule has 0 saturated carbocycles. The van der Waals surface area contributed by atoms with Gasteiger partial charge >= 0.3 is 0 Å². The number of ether oxygens (including phenoxy) is 1. The van der Waals surface area contributed by atoms with Crippen molar-refractivity contribution in [3.8, 4) is 11.8 Å². The Bertz CT molecular complexity index is 463. The molecule has 0 bridgehead atoms. The first-order valence-electron chi connectivity index (χ1n) is 7.86. The van der Waals surface area contributed by atoms with E-state index in [9.17, 15) is 0 Å². The molecule has 0 amide bonds. The molecule has 0 spiro atoms. The highest BCUT2D eigenvalue weighted by Crippen LogP contribution is 2.26. The zero-order chi connectivity index (χ0) is 15.7. The number of benzene rings is 1. The van der Waals surface area contributed by atoms with Gasteiger partial charge in [0.1, 0.15) is 5.75 Å². The summed E-state index contributed by atoms with van der Waals surface area (Å²) in [6, 6.07) is 10.8. The maximum atomic E-state index is 9.01. The van der Waals surface area contributed by atoms with E-state index in [0.717, 1.165) is 31.6 Å². The molecule has 0 heterocycles. The molecule has 0 aromatic heterocycles. The molecule has 1 atom stereocenters. The van der Waals surface area contributed by atoms with Crippen LogP contribution in [0.2, 0.25) is 0 Å². The van der Waals surface area contributed by atoms with Crippen LogP contribution in [-0.2, 0) is 0 Å². The third-order valence-electron chi connectivity index (χ3n) is 3.59. The third kappa shape index (κ3) is 6.18. The predicted octanol–water partition coefficient (Wildman–Crippen LogP) is 4.46. The van der Waals surface area contributed by atoms with E-state index in [0.29, 0.717) is 6.61 Å². The van der Waals surface area contributed by atoms with Crippen molar-refractivity contribution in [1.29, 1.82) is 5.26 Å². The molecular formula is C18H28N2O. The van der Waals surface area contributed by atoms with E-state index in [1.54, 1.807) is 0 Å². The van der Waals surface area contributed by atoms with E-state index >= 15 is 0 Å². The molecule has 0 aliphatic rings. The molecule has 3 heteroatoms. The van der Waals surface area contributed by atoms with E-state index in [1.807, 2.05) is 32.0 Å². The van der Waals surface area contributed by atoms with Gasteiger partial charge in [-0.3, -0.25) is 0 Å². The minimum Gasteiger partial charge on any atom is -0.493 e. The molecule has 116 valence electrons. The summed E-state index contributed by atoms with van der Waals surface area (Å²) in [6.45, 7) is 9.93. The standard InChI is InChI=1S/C18H28N2O/c1-5-12-20-15(2)16-9-6-7-10-17(16)21-13-8-11-18(3,4)14-19/h6-7,9-10,15,20H,5,8,11-13H2,1-4H3. The molecule has 1 aromatic carbocycles. The summed E-state index contributed by atoms with van der Waals surface area (Å²) in [5.74, 6) is 0.948. The highest BCUT2D eigenvalue weighted by molar-refractivity contribution is 5.35. The fourth-order valence-corrected chi connectivity index (χ4v) is 2.19. The number of para-hydroxylation sites is 1. The van der Waals surface area contributed by atoms with Crippen molar-refractivity contribution in [3.63, 3.8) is 0 Å². The number of hydrogen-bond acceptors (Lipinski definition) is 3. The first-order chi connectivity index (χ1) is 10.00. The second-order valence-corrected chi connectivity index (χ2v) is 6.16. The minimum absolute atomic E-state index is 0.265. The van der Waals surface area contributed by atoms with Crippen LogP contribution in [0.15, 0.2) is 24.3 Å². The number of rotatable bonds is 9. The Morgan fingerprint density at radius 2 is 2.05 bits per heavy atom. The zero-order valence-corrected chi connectivity index (χ0v) is 13.8. The van der Waals surface area contributed by atoms with Crippen molar-refractivity contribution >= 4 is 0 Å². The normalized spacial score (nSPS) is 12.7. The predicted molar refractivity (Wildman–Crippen MR) is 87.3 cm³/mol. The molecule has 21 heavy (non-hydrogen) atoms. The number of nitrogens with one attached hydrogen (secondary N) is 1. The van der Waals surface area contributed by atoms with Crippen molar-refractivity contribution in [2.75, 3.05) is 13.2 Å². The van der Waals surface area contributed by atoms with Crippen molar-refractivity contribution in [1.82, 2.24) is 5.32 Å². The van der Waals surface area contributed by atoms with Gasteiger partial charge in [-0.15, -0.1) is 0 Å². The number of nitrogens with zero attached hydrogens (tertiary/aromatic N) is 1. The smallest absolute Gasteiger partial charge is 0.124 e. The molecule has 0 aliphatic heterocycles. The Morgan fingerprint density at radius 3 is 2.71 bits per heavy atom. The van der Waals surface area contributed by atoms with Gasteiger partial charge in [-0.2, -0.15) is 5.26 Å². The monoisotopic (exact) mass is 288 g/mol. The Balaban J connectivity index is 2.54. The molecular weight excluding hydrogens is 260 g/mol. The molecule has 1 rings (SSSR count). The van der Waals surface area contributed by atoms with Crippen LogP contribution in [0.25, 0.3) is 0 Å². The number of hydrogen-bond donors (Lipinski definition) is 1. The Morgan fingerprint density at radius 1 is 1.33 bits per heavy atom. The molecule has 3 nitrogen and oxygen atoms in total. The molecule has 0 saturated heterocycles. The second kappa shape index (κ2) is 8.69. The van der Waals surface area contributed by atoms with Gasteiger partial charge in [0.15, 0.2) is 0 Å². The van der Waals surface area contributed by atoms with Gasteiger partial charge in [0.25, 0.3) is 0 Å². The van der Waals surface area contributed by atoms with Crippen LogP contribution >= 0.6 is 0 Å². The molecule has 0 radical (unpaired) electrons. The topological polar surface area (TPSA) is 45.0 Å². The third-order valence-corrected chi connectivity index (χ3v) is 3.59. The van der Waals surface area contributed by atoms with Crippen molar-refractivity contribution < 1.29 is 4.74 Å². The summed E-state index contributed by atoms with van der Waals surface area (Å²) >= 11 is 0. The second-order valence-electron chi connectivity index (χ2n) is 6.16. The summed E-state index contributed by atoms with van der Waals surface area (Å²) in [5, 5.41) is 12.5. The van der Waals surface area contributed by atoms with E-state index in [1.165, 1.54) is 5.56 Å². The van der Waals surface area contributed by atoms with Crippen LogP contribution in [0.5, 0.6) is 5.75 Å². The van der Waals surface area contributed by atoms with Crippen LogP contribution < -0.4 is 10.1 Å². The molecule has 0 fully saturated rings. The lowest BCUT2D eigenvalue weighted by Crippen LogP contribution is -2.20. The van der Waals surface area contributed by atoms with Crippen LogP contribution in [0.1, 0.15) is 58.6 Å². The quantitative estimate of drug-likeness (QED) is 0.682. The van der Waals surface area contributed by atoms with Crippen LogP contribution in [-0.4, -0.2) is 13.2 Å². The average molecular weight is 288 g/mol. The van der Waals surface area contributed by atoms with Gasteiger partial charge in [0, 0.05) is 11.6 Å². The van der Waals surface area contributed by atoms with Gasteiger partial charge in [-0.1, -0.05) is 25.1 Å². The lowest BCUT2D eigenvalue weighted by atomic mass is 9.90. The molecule has 1 N–H and O–H groups in total. The SMILES string of the molecule is CCCNC(C)c1ccccc1OCCCC(C)(C)C#N. The van der Waals surface area contributed by atoms with E-state index in [-0.39, 0.29) is 11.5 Å². The van der Waals surface area contributed by atoms with Gasteiger partial charge < -0.3 is 10.1 Å². The lowest BCUT2D eigenvalue weighted by Gasteiger charge is -2.19. The van der Waals surface area contributed by atoms with E-state index in [4.69, 9.17) is 10.00 Å². The van der Waals surface area contributed by atoms with Gasteiger partial charge in [0.05, 0.1) is 18.1 Å². The first kappa shape index (κ1) is 17.5. The zero-order valence-electron chi connectivity index (χ0n) is 13.8. The minimum atomic E-state index is -0.265. The van der Waals surface area contributed by atoms with Crippen molar-refractivity contribution in [2.24, 2.45) is 5.41 Å². The first-order valence-corrected chi connectivity index (χ1v) is 7.86. The lowest BCUT2D eigenvalue weighted by molar-refractivity contribution is 0.280. The van der Waals surface area contributed by atoms with E-state index in [2.05, 4.69) is 31.3 Å². The van der Waals surface area contributed by atoms with Crippen LogP contribution in [0.4, 0.5) is 0 Å². The molecule has 1 unspecified atom stereocenters. The Labute approximate surface area is 129 Å². The van der Waals surface area contributed by atoms with Gasteiger partial charge in [-0.05, 0) is 52.6 Å². The summed E-state index contributed by atoms with van der Waals surface area (Å²) < 4.78 is 5.93. The summed E-state index contributed by atoms with van der Waals surface area (Å²) in [7, 11) is 0. The summed E-state index contributed by atoms with van der Waals surface area (Å²) in [4.78, 5) is 0. The highest BCUT2D eigenvalue weighted by Gasteiger charge is 2.16. The van der Waals surface area contributed by atoms with Crippen LogP contribution in [0.3, 0.4) is 0 Å². The number of nitriles is 1. The largest absolute Gasteiger partial charge is 0.493 e. The fraction of sp³-hybridized carbons (Fsp3) is 0.611. The molecule has 0 aliphatic carbocycles. The average Bonchev–Trinajstić information content (AvgIpc) is 2.49. The van der Waals surface area contributed by atoms with Crippen LogP contribution in [0, 0.1) is 16.7 Å². The summed E-state index contributed by atoms with van der Waals surface area (Å²) in [5.41, 5.74) is 0.935. The summed E-state index contributed by atoms with van der Waals surface area (Å²) in [6.07, 6.45) is 2.87.